The van der Waals surface area contributed by atoms with Crippen LogP contribution in [-0.2, 0) is 9.53 Å². The lowest BCUT2D eigenvalue weighted by Crippen LogP contribution is -2.22. The highest BCUT2D eigenvalue weighted by atomic mass is 16.6. The van der Waals surface area contributed by atoms with Crippen molar-refractivity contribution in [3.8, 4) is 0 Å². The van der Waals surface area contributed by atoms with Gasteiger partial charge >= 0.3 is 5.97 Å². The molecule has 0 radical (unpaired) electrons. The number of para-hydroxylation sites is 1. The molecule has 0 aliphatic heterocycles. The summed E-state index contributed by atoms with van der Waals surface area (Å²) < 4.78 is 4.94. The first kappa shape index (κ1) is 18.1. The molecule has 0 saturated heterocycles. The molecule has 0 heterocycles. The van der Waals surface area contributed by atoms with Gasteiger partial charge in [0.2, 0.25) is 0 Å². The van der Waals surface area contributed by atoms with Crippen LogP contribution in [0.2, 0.25) is 0 Å². The van der Waals surface area contributed by atoms with Gasteiger partial charge in [-0.3, -0.25) is 14.9 Å². The monoisotopic (exact) mass is 342 g/mol. The summed E-state index contributed by atoms with van der Waals surface area (Å²) in [5, 5.41) is 13.6. The van der Waals surface area contributed by atoms with Crippen molar-refractivity contribution >= 4 is 23.3 Å². The van der Waals surface area contributed by atoms with Crippen LogP contribution in [0.1, 0.15) is 27.0 Å². The van der Waals surface area contributed by atoms with Crippen molar-refractivity contribution in [3.05, 3.63) is 68.8 Å². The molecule has 2 rings (SSSR count). The van der Waals surface area contributed by atoms with Gasteiger partial charge in [-0.25, -0.2) is 4.79 Å². The lowest BCUT2D eigenvalue weighted by atomic mass is 10.1. The number of benzene rings is 2. The highest BCUT2D eigenvalue weighted by molar-refractivity contribution is 5.96. The highest BCUT2D eigenvalue weighted by Crippen LogP contribution is 2.20. The van der Waals surface area contributed by atoms with Crippen LogP contribution in [0.15, 0.2) is 36.4 Å². The fourth-order valence-corrected chi connectivity index (χ4v) is 2.33. The summed E-state index contributed by atoms with van der Waals surface area (Å²) in [5.74, 6) is -1.27. The Balaban J connectivity index is 2.01. The normalized spacial score (nSPS) is 10.2. The number of rotatable bonds is 5. The van der Waals surface area contributed by atoms with E-state index in [0.29, 0.717) is 11.3 Å². The third-order valence-electron chi connectivity index (χ3n) is 3.72. The molecule has 0 unspecified atom stereocenters. The van der Waals surface area contributed by atoms with Gasteiger partial charge in [0.05, 0.1) is 10.5 Å². The molecule has 7 nitrogen and oxygen atoms in total. The number of nitrogens with zero attached hydrogens (tertiary/aromatic N) is 1. The van der Waals surface area contributed by atoms with Gasteiger partial charge < -0.3 is 10.1 Å². The Morgan fingerprint density at radius 2 is 1.72 bits per heavy atom. The van der Waals surface area contributed by atoms with E-state index < -0.39 is 23.4 Å². The molecule has 1 N–H and O–H groups in total. The minimum Gasteiger partial charge on any atom is -0.452 e. The number of hydrogen-bond donors (Lipinski definition) is 1. The highest BCUT2D eigenvalue weighted by Gasteiger charge is 2.17. The molecule has 2 aromatic rings. The molecule has 0 fully saturated rings. The van der Waals surface area contributed by atoms with Crippen LogP contribution in [0.25, 0.3) is 0 Å². The van der Waals surface area contributed by atoms with Crippen LogP contribution < -0.4 is 5.32 Å². The third kappa shape index (κ3) is 4.41. The molecule has 0 bridgehead atoms. The predicted molar refractivity (Wildman–Crippen MR) is 92.7 cm³/mol. The van der Waals surface area contributed by atoms with Gasteiger partial charge in [0.25, 0.3) is 11.6 Å². The topological polar surface area (TPSA) is 98.5 Å². The summed E-state index contributed by atoms with van der Waals surface area (Å²) in [7, 11) is 0. The second-order valence-corrected chi connectivity index (χ2v) is 5.65. The number of nitrogens with one attached hydrogen (secondary N) is 1. The molecule has 2 aromatic carbocycles. The lowest BCUT2D eigenvalue weighted by molar-refractivity contribution is -0.385. The number of nitro groups is 1. The maximum atomic E-state index is 12.0. The number of ether oxygens (including phenoxy) is 1. The van der Waals surface area contributed by atoms with Gasteiger partial charge in [0, 0.05) is 17.3 Å². The maximum Gasteiger partial charge on any atom is 0.338 e. The molecule has 0 aromatic heterocycles. The second kappa shape index (κ2) is 7.57. The summed E-state index contributed by atoms with van der Waals surface area (Å²) >= 11 is 0. The van der Waals surface area contributed by atoms with Crippen molar-refractivity contribution in [3.63, 3.8) is 0 Å². The molecule has 0 saturated carbocycles. The predicted octanol–water partition coefficient (Wildman–Crippen LogP) is 3.32. The summed E-state index contributed by atoms with van der Waals surface area (Å²) in [6.45, 7) is 4.82. The summed E-state index contributed by atoms with van der Waals surface area (Å²) in [5.41, 5.74) is 2.76. The average Bonchev–Trinajstić information content (AvgIpc) is 2.56. The van der Waals surface area contributed by atoms with Crippen molar-refractivity contribution in [1.29, 1.82) is 0 Å². The number of anilines is 1. The number of hydrogen-bond acceptors (Lipinski definition) is 5. The first-order valence-corrected chi connectivity index (χ1v) is 7.58. The van der Waals surface area contributed by atoms with Gasteiger partial charge in [-0.2, -0.15) is 0 Å². The van der Waals surface area contributed by atoms with Crippen LogP contribution in [0, 0.1) is 30.9 Å². The molecular formula is C18H18N2O5. The standard InChI is InChI=1S/C18H18N2O5/c1-11-7-8-14(9-15(11)20(23)24)18(22)25-10-16(21)19-17-12(2)5-4-6-13(17)3/h4-9H,10H2,1-3H3,(H,19,21). The van der Waals surface area contributed by atoms with Gasteiger partial charge in [-0.05, 0) is 38.0 Å². The van der Waals surface area contributed by atoms with E-state index in [1.54, 1.807) is 6.92 Å². The summed E-state index contributed by atoms with van der Waals surface area (Å²) in [6.07, 6.45) is 0. The Bertz CT molecular complexity index is 825. The van der Waals surface area contributed by atoms with Gasteiger partial charge in [-0.1, -0.05) is 24.3 Å². The fourth-order valence-electron chi connectivity index (χ4n) is 2.33. The number of carbonyl (C=O) groups is 2. The number of nitro benzene ring substituents is 1. The molecule has 0 atom stereocenters. The van der Waals surface area contributed by atoms with Gasteiger partial charge in [-0.15, -0.1) is 0 Å². The molecule has 130 valence electrons. The minimum absolute atomic E-state index is 0.0252. The third-order valence-corrected chi connectivity index (χ3v) is 3.72. The van der Waals surface area contributed by atoms with Crippen molar-refractivity contribution in [2.45, 2.75) is 20.8 Å². The molecule has 1 amide bonds. The zero-order valence-electron chi connectivity index (χ0n) is 14.2. The van der Waals surface area contributed by atoms with Crippen molar-refractivity contribution < 1.29 is 19.2 Å². The molecule has 7 heteroatoms. The molecule has 0 aliphatic rings. The van der Waals surface area contributed by atoms with Crippen LogP contribution in [0.3, 0.4) is 0 Å². The number of aryl methyl sites for hydroxylation is 3. The van der Waals surface area contributed by atoms with E-state index in [4.69, 9.17) is 4.74 Å². The quantitative estimate of drug-likeness (QED) is 0.510. The number of amides is 1. The fraction of sp³-hybridized carbons (Fsp3) is 0.222. The van der Waals surface area contributed by atoms with E-state index in [-0.39, 0.29) is 11.3 Å². The molecule has 25 heavy (non-hydrogen) atoms. The van der Waals surface area contributed by atoms with Crippen molar-refractivity contribution in [2.75, 3.05) is 11.9 Å². The van der Waals surface area contributed by atoms with Gasteiger partial charge in [0.15, 0.2) is 6.61 Å². The maximum absolute atomic E-state index is 12.0. The van der Waals surface area contributed by atoms with E-state index >= 15 is 0 Å². The smallest absolute Gasteiger partial charge is 0.338 e. The summed E-state index contributed by atoms with van der Waals surface area (Å²) in [4.78, 5) is 34.3. The van der Waals surface area contributed by atoms with Crippen LogP contribution in [0.4, 0.5) is 11.4 Å². The SMILES string of the molecule is Cc1ccc(C(=O)OCC(=O)Nc2c(C)cccc2C)cc1[N+](=O)[O-]. The zero-order valence-corrected chi connectivity index (χ0v) is 14.2. The Hall–Kier alpha value is -3.22. The van der Waals surface area contributed by atoms with E-state index in [9.17, 15) is 19.7 Å². The van der Waals surface area contributed by atoms with E-state index in [2.05, 4.69) is 5.32 Å². The Morgan fingerprint density at radius 1 is 1.08 bits per heavy atom. The van der Waals surface area contributed by atoms with Crippen LogP contribution in [-0.4, -0.2) is 23.4 Å². The first-order chi connectivity index (χ1) is 11.8. The molecular weight excluding hydrogens is 324 g/mol. The van der Waals surface area contributed by atoms with E-state index in [1.165, 1.54) is 12.1 Å². The van der Waals surface area contributed by atoms with E-state index in [1.807, 2.05) is 32.0 Å². The first-order valence-electron chi connectivity index (χ1n) is 7.58. The second-order valence-electron chi connectivity index (χ2n) is 5.65. The molecule has 0 spiro atoms. The average molecular weight is 342 g/mol. The Kier molecular flexibility index (Phi) is 5.49. The van der Waals surface area contributed by atoms with Gasteiger partial charge in [0.1, 0.15) is 0 Å². The lowest BCUT2D eigenvalue weighted by Gasteiger charge is -2.11. The number of esters is 1. The summed E-state index contributed by atoms with van der Waals surface area (Å²) in [6, 6.07) is 9.63. The van der Waals surface area contributed by atoms with Crippen molar-refractivity contribution in [1.82, 2.24) is 0 Å². The molecule has 0 aliphatic carbocycles. The van der Waals surface area contributed by atoms with Crippen LogP contribution in [0.5, 0.6) is 0 Å². The Labute approximate surface area is 144 Å². The zero-order chi connectivity index (χ0) is 18.6. The minimum atomic E-state index is -0.792. The van der Waals surface area contributed by atoms with E-state index in [0.717, 1.165) is 17.2 Å². The largest absolute Gasteiger partial charge is 0.452 e. The van der Waals surface area contributed by atoms with Crippen LogP contribution >= 0.6 is 0 Å². The van der Waals surface area contributed by atoms with Crippen molar-refractivity contribution in [2.24, 2.45) is 0 Å². The number of carbonyl (C=O) groups excluding carboxylic acids is 2. The Morgan fingerprint density at radius 3 is 2.32 bits per heavy atom.